The van der Waals surface area contributed by atoms with Crippen molar-refractivity contribution < 1.29 is 14.6 Å². The molecule has 146 valence electrons. The van der Waals surface area contributed by atoms with E-state index in [4.69, 9.17) is 21.4 Å². The van der Waals surface area contributed by atoms with E-state index in [2.05, 4.69) is 23.9 Å². The van der Waals surface area contributed by atoms with E-state index in [-0.39, 0.29) is 5.69 Å². The standard InChI is InChI=1S/C20H26ClN3O3/c1-4-14(5-2)13-27-19(6-3)15(7-8-21)12-24-18-11-22-17(20(25)26)9-16(18)10-23-24/h6-7,9-11,14H,4-5,8,12-13H2,1-3H3,(H,25,26)/b15-7-,19-6+. The van der Waals surface area contributed by atoms with Crippen molar-refractivity contribution in [1.29, 1.82) is 0 Å². The summed E-state index contributed by atoms with van der Waals surface area (Å²) in [7, 11) is 0. The lowest BCUT2D eigenvalue weighted by Gasteiger charge is -2.18. The molecule has 0 aliphatic carbocycles. The van der Waals surface area contributed by atoms with Gasteiger partial charge >= 0.3 is 5.97 Å². The number of carboxylic acid groups (broad SMARTS) is 1. The topological polar surface area (TPSA) is 77.2 Å². The first-order chi connectivity index (χ1) is 13.0. The summed E-state index contributed by atoms with van der Waals surface area (Å²) in [6.45, 7) is 7.39. The van der Waals surface area contributed by atoms with E-state index in [1.165, 1.54) is 12.3 Å². The highest BCUT2D eigenvalue weighted by atomic mass is 35.5. The zero-order valence-electron chi connectivity index (χ0n) is 16.0. The monoisotopic (exact) mass is 391 g/mol. The predicted molar refractivity (Wildman–Crippen MR) is 107 cm³/mol. The van der Waals surface area contributed by atoms with E-state index in [0.29, 0.717) is 24.9 Å². The molecule has 2 aromatic rings. The van der Waals surface area contributed by atoms with E-state index in [1.54, 1.807) is 10.9 Å². The van der Waals surface area contributed by atoms with Crippen LogP contribution >= 0.6 is 11.6 Å². The average molecular weight is 392 g/mol. The molecule has 6 nitrogen and oxygen atoms in total. The van der Waals surface area contributed by atoms with Gasteiger partial charge in [0, 0.05) is 16.8 Å². The number of aromatic nitrogens is 3. The molecule has 1 N–H and O–H groups in total. The molecule has 0 atom stereocenters. The van der Waals surface area contributed by atoms with E-state index in [9.17, 15) is 4.79 Å². The Labute approximate surface area is 164 Å². The minimum atomic E-state index is -1.06. The number of nitrogens with zero attached hydrogens (tertiary/aromatic N) is 3. The van der Waals surface area contributed by atoms with Crippen LogP contribution in [-0.2, 0) is 11.3 Å². The number of carbonyl (C=O) groups is 1. The van der Waals surface area contributed by atoms with Gasteiger partial charge < -0.3 is 9.84 Å². The summed E-state index contributed by atoms with van der Waals surface area (Å²) in [5.41, 5.74) is 1.70. The van der Waals surface area contributed by atoms with Crippen molar-refractivity contribution in [3.63, 3.8) is 0 Å². The third kappa shape index (κ3) is 5.32. The molecule has 27 heavy (non-hydrogen) atoms. The van der Waals surface area contributed by atoms with Crippen molar-refractivity contribution in [3.8, 4) is 0 Å². The van der Waals surface area contributed by atoms with Crippen LogP contribution in [-0.4, -0.2) is 38.3 Å². The van der Waals surface area contributed by atoms with Gasteiger partial charge in [0.05, 0.1) is 31.1 Å². The molecule has 0 saturated carbocycles. The van der Waals surface area contributed by atoms with Crippen LogP contribution in [0.4, 0.5) is 0 Å². The summed E-state index contributed by atoms with van der Waals surface area (Å²) >= 11 is 5.96. The maximum Gasteiger partial charge on any atom is 0.354 e. The SMILES string of the molecule is C/C=C(OCC(CC)CC)\C(=C/CCl)Cn1ncc2cc(C(=O)O)ncc21. The van der Waals surface area contributed by atoms with Gasteiger partial charge in [-0.15, -0.1) is 11.6 Å². The molecule has 0 amide bonds. The number of rotatable bonds is 10. The Morgan fingerprint density at radius 1 is 1.37 bits per heavy atom. The van der Waals surface area contributed by atoms with Crippen molar-refractivity contribution >= 4 is 28.5 Å². The highest BCUT2D eigenvalue weighted by Crippen LogP contribution is 2.21. The Kier molecular flexibility index (Phi) is 7.85. The molecule has 0 bridgehead atoms. The molecule has 0 spiro atoms. The lowest BCUT2D eigenvalue weighted by atomic mass is 10.1. The molecule has 0 saturated heterocycles. The molecule has 7 heteroatoms. The van der Waals surface area contributed by atoms with E-state index in [1.807, 2.05) is 19.1 Å². The molecule has 0 unspecified atom stereocenters. The van der Waals surface area contributed by atoms with Crippen LogP contribution in [0.25, 0.3) is 10.9 Å². The maximum atomic E-state index is 11.1. The van der Waals surface area contributed by atoms with Gasteiger partial charge in [0.2, 0.25) is 0 Å². The summed E-state index contributed by atoms with van der Waals surface area (Å²) in [6.07, 6.45) is 9.17. The fraction of sp³-hybridized carbons (Fsp3) is 0.450. The Balaban J connectivity index is 2.24. The van der Waals surface area contributed by atoms with Gasteiger partial charge in [0.1, 0.15) is 11.5 Å². The molecule has 2 heterocycles. The van der Waals surface area contributed by atoms with Gasteiger partial charge in [-0.05, 0) is 25.0 Å². The number of hydrogen-bond donors (Lipinski definition) is 1. The first-order valence-electron chi connectivity index (χ1n) is 9.13. The average Bonchev–Trinajstić information content (AvgIpc) is 3.07. The van der Waals surface area contributed by atoms with Gasteiger partial charge in [-0.2, -0.15) is 5.10 Å². The third-order valence-corrected chi connectivity index (χ3v) is 4.75. The smallest absolute Gasteiger partial charge is 0.354 e. The van der Waals surface area contributed by atoms with Gasteiger partial charge in [-0.3, -0.25) is 4.68 Å². The zero-order valence-corrected chi connectivity index (χ0v) is 16.7. The lowest BCUT2D eigenvalue weighted by Crippen LogP contribution is -2.12. The van der Waals surface area contributed by atoms with Crippen LogP contribution in [0.5, 0.6) is 0 Å². The van der Waals surface area contributed by atoms with Gasteiger partial charge in [-0.25, -0.2) is 9.78 Å². The number of halogens is 1. The van der Waals surface area contributed by atoms with Crippen LogP contribution in [0.2, 0.25) is 0 Å². The predicted octanol–water partition coefficient (Wildman–Crippen LogP) is 4.65. The number of alkyl halides is 1. The van der Waals surface area contributed by atoms with E-state index >= 15 is 0 Å². The number of hydrogen-bond acceptors (Lipinski definition) is 4. The molecule has 0 fully saturated rings. The summed E-state index contributed by atoms with van der Waals surface area (Å²) in [6, 6.07) is 1.52. The van der Waals surface area contributed by atoms with Crippen molar-refractivity contribution in [2.75, 3.05) is 12.5 Å². The fourth-order valence-electron chi connectivity index (χ4n) is 2.81. The molecule has 0 aromatic carbocycles. The van der Waals surface area contributed by atoms with Crippen LogP contribution in [0.15, 0.2) is 41.9 Å². The minimum absolute atomic E-state index is 0.00113. The highest BCUT2D eigenvalue weighted by Gasteiger charge is 2.14. The van der Waals surface area contributed by atoms with Crippen molar-refractivity contribution in [1.82, 2.24) is 14.8 Å². The largest absolute Gasteiger partial charge is 0.493 e. The number of ether oxygens (including phenoxy) is 1. The third-order valence-electron chi connectivity index (χ3n) is 4.60. The molecule has 0 radical (unpaired) electrons. The number of carboxylic acids is 1. The molecular formula is C20H26ClN3O3. The number of aromatic carboxylic acids is 1. The minimum Gasteiger partial charge on any atom is -0.493 e. The first-order valence-corrected chi connectivity index (χ1v) is 9.66. The lowest BCUT2D eigenvalue weighted by molar-refractivity contribution is 0.0690. The van der Waals surface area contributed by atoms with Gasteiger partial charge in [0.15, 0.2) is 0 Å². The number of allylic oxidation sites excluding steroid dienone is 3. The molecule has 2 rings (SSSR count). The first kappa shape index (κ1) is 21.0. The van der Waals surface area contributed by atoms with Gasteiger partial charge in [0.25, 0.3) is 0 Å². The van der Waals surface area contributed by atoms with Gasteiger partial charge in [-0.1, -0.05) is 32.8 Å². The van der Waals surface area contributed by atoms with Crippen molar-refractivity contribution in [3.05, 3.63) is 47.6 Å². The number of fused-ring (bicyclic) bond motifs is 1. The summed E-state index contributed by atoms with van der Waals surface area (Å²) in [4.78, 5) is 15.1. The fourth-order valence-corrected chi connectivity index (χ4v) is 3.00. The van der Waals surface area contributed by atoms with Crippen LogP contribution in [0.1, 0.15) is 44.1 Å². The molecule has 0 aliphatic rings. The molecule has 2 aromatic heterocycles. The van der Waals surface area contributed by atoms with Crippen molar-refractivity contribution in [2.24, 2.45) is 5.92 Å². The second-order valence-electron chi connectivity index (χ2n) is 6.27. The summed E-state index contributed by atoms with van der Waals surface area (Å²) in [5.74, 6) is 0.614. The van der Waals surface area contributed by atoms with E-state index in [0.717, 1.165) is 35.1 Å². The Hall–Kier alpha value is -2.34. The van der Waals surface area contributed by atoms with Crippen LogP contribution in [0, 0.1) is 5.92 Å². The normalized spacial score (nSPS) is 12.8. The molecule has 0 aliphatic heterocycles. The maximum absolute atomic E-state index is 11.1. The second kappa shape index (κ2) is 10.1. The highest BCUT2D eigenvalue weighted by molar-refractivity contribution is 6.19. The number of pyridine rings is 1. The summed E-state index contributed by atoms with van der Waals surface area (Å²) in [5, 5.41) is 14.2. The quantitative estimate of drug-likeness (QED) is 0.362. The summed E-state index contributed by atoms with van der Waals surface area (Å²) < 4.78 is 7.84. The zero-order chi connectivity index (χ0) is 19.8. The van der Waals surface area contributed by atoms with Crippen LogP contribution < -0.4 is 0 Å². The van der Waals surface area contributed by atoms with E-state index < -0.39 is 5.97 Å². The second-order valence-corrected chi connectivity index (χ2v) is 6.57. The Bertz CT molecular complexity index is 838. The van der Waals surface area contributed by atoms with Crippen molar-refractivity contribution in [2.45, 2.75) is 40.2 Å². The molecular weight excluding hydrogens is 366 g/mol. The van der Waals surface area contributed by atoms with Crippen LogP contribution in [0.3, 0.4) is 0 Å². The Morgan fingerprint density at radius 2 is 2.11 bits per heavy atom. The Morgan fingerprint density at radius 3 is 2.70 bits per heavy atom.